The third-order valence-electron chi connectivity index (χ3n) is 4.07. The van der Waals surface area contributed by atoms with E-state index in [0.717, 1.165) is 24.6 Å². The van der Waals surface area contributed by atoms with E-state index in [-0.39, 0.29) is 35.6 Å². The summed E-state index contributed by atoms with van der Waals surface area (Å²) < 4.78 is 7.37. The predicted octanol–water partition coefficient (Wildman–Crippen LogP) is 2.57. The van der Waals surface area contributed by atoms with Gasteiger partial charge in [-0.2, -0.15) is 5.10 Å². The molecule has 1 atom stereocenters. The van der Waals surface area contributed by atoms with Gasteiger partial charge in [0.1, 0.15) is 0 Å². The van der Waals surface area contributed by atoms with Gasteiger partial charge < -0.3 is 15.4 Å². The summed E-state index contributed by atoms with van der Waals surface area (Å²) >= 11 is 0. The topological polar surface area (TPSA) is 63.5 Å². The molecule has 6 nitrogen and oxygen atoms in total. The van der Waals surface area contributed by atoms with Crippen LogP contribution in [0.3, 0.4) is 0 Å². The Bertz CT molecular complexity index is 539. The standard InChI is InChI=1S/C17H33N5O.HI/c1-9-18-16(19-11-17(5,6)23-8)20-12(2)10-15-13(3)21-22(7)14(15)4;/h12H,9-11H2,1-8H3,(H2,18,19,20);1H. The van der Waals surface area contributed by atoms with Crippen molar-refractivity contribution in [1.29, 1.82) is 0 Å². The lowest BCUT2D eigenvalue weighted by molar-refractivity contribution is 0.0310. The molecule has 0 aliphatic heterocycles. The lowest BCUT2D eigenvalue weighted by Gasteiger charge is -2.23. The molecule has 1 unspecified atom stereocenters. The monoisotopic (exact) mass is 451 g/mol. The number of hydrogen-bond acceptors (Lipinski definition) is 3. The maximum Gasteiger partial charge on any atom is 0.191 e. The third kappa shape index (κ3) is 6.96. The van der Waals surface area contributed by atoms with E-state index in [9.17, 15) is 0 Å². The first-order chi connectivity index (χ1) is 10.7. The Kier molecular flexibility index (Phi) is 9.87. The van der Waals surface area contributed by atoms with Crippen LogP contribution in [-0.4, -0.2) is 47.6 Å². The molecule has 0 aliphatic rings. The van der Waals surface area contributed by atoms with Gasteiger partial charge >= 0.3 is 0 Å². The van der Waals surface area contributed by atoms with Crippen LogP contribution in [0.1, 0.15) is 44.6 Å². The summed E-state index contributed by atoms with van der Waals surface area (Å²) in [5.41, 5.74) is 3.36. The largest absolute Gasteiger partial charge is 0.377 e. The van der Waals surface area contributed by atoms with Crippen LogP contribution < -0.4 is 10.6 Å². The molecule has 0 aliphatic carbocycles. The van der Waals surface area contributed by atoms with Crippen molar-refractivity contribution in [2.45, 2.75) is 59.6 Å². The van der Waals surface area contributed by atoms with Gasteiger partial charge in [0.15, 0.2) is 5.96 Å². The van der Waals surface area contributed by atoms with Gasteiger partial charge in [-0.1, -0.05) is 0 Å². The third-order valence-corrected chi connectivity index (χ3v) is 4.07. The van der Waals surface area contributed by atoms with Crippen molar-refractivity contribution in [2.75, 3.05) is 20.2 Å². The molecule has 1 heterocycles. The number of halogens is 1. The lowest BCUT2D eigenvalue weighted by atomic mass is 10.1. The van der Waals surface area contributed by atoms with Crippen LogP contribution in [0.15, 0.2) is 4.99 Å². The minimum atomic E-state index is -0.262. The number of ether oxygens (including phenoxy) is 1. The normalized spacial score (nSPS) is 13.4. The van der Waals surface area contributed by atoms with Crippen LogP contribution >= 0.6 is 24.0 Å². The summed E-state index contributed by atoms with van der Waals surface area (Å²) in [5, 5.41) is 11.3. The summed E-state index contributed by atoms with van der Waals surface area (Å²) in [4.78, 5) is 4.64. The number of nitrogens with one attached hydrogen (secondary N) is 2. The van der Waals surface area contributed by atoms with Gasteiger partial charge in [-0.3, -0.25) is 9.67 Å². The minimum absolute atomic E-state index is 0. The van der Waals surface area contributed by atoms with Crippen molar-refractivity contribution < 1.29 is 4.74 Å². The van der Waals surface area contributed by atoms with Gasteiger partial charge in [-0.15, -0.1) is 24.0 Å². The summed E-state index contributed by atoms with van der Waals surface area (Å²) in [6.07, 6.45) is 0.920. The fraction of sp³-hybridized carbons (Fsp3) is 0.765. The van der Waals surface area contributed by atoms with Crippen molar-refractivity contribution in [2.24, 2.45) is 12.0 Å². The van der Waals surface area contributed by atoms with Gasteiger partial charge in [0.25, 0.3) is 0 Å². The van der Waals surface area contributed by atoms with Gasteiger partial charge in [0, 0.05) is 32.4 Å². The van der Waals surface area contributed by atoms with E-state index >= 15 is 0 Å². The molecule has 0 saturated carbocycles. The second-order valence-corrected chi connectivity index (χ2v) is 6.68. The Hall–Kier alpha value is -0.830. The molecular weight excluding hydrogens is 417 g/mol. The van der Waals surface area contributed by atoms with Crippen LogP contribution in [0.5, 0.6) is 0 Å². The molecule has 0 fully saturated rings. The van der Waals surface area contributed by atoms with E-state index in [0.29, 0.717) is 6.54 Å². The van der Waals surface area contributed by atoms with Crippen molar-refractivity contribution in [1.82, 2.24) is 20.4 Å². The minimum Gasteiger partial charge on any atom is -0.377 e. The second kappa shape index (κ2) is 10.2. The van der Waals surface area contributed by atoms with Gasteiger partial charge in [0.05, 0.1) is 17.8 Å². The molecule has 0 amide bonds. The first-order valence-electron chi connectivity index (χ1n) is 8.29. The highest BCUT2D eigenvalue weighted by Crippen LogP contribution is 2.14. The average molecular weight is 451 g/mol. The van der Waals surface area contributed by atoms with E-state index in [1.54, 1.807) is 7.11 Å². The molecule has 1 rings (SSSR count). The van der Waals surface area contributed by atoms with Gasteiger partial charge in [-0.05, 0) is 53.5 Å². The smallest absolute Gasteiger partial charge is 0.191 e. The first-order valence-corrected chi connectivity index (χ1v) is 8.29. The number of nitrogens with zero attached hydrogens (tertiary/aromatic N) is 3. The van der Waals surface area contributed by atoms with Gasteiger partial charge in [0.2, 0.25) is 0 Å². The number of methoxy groups -OCH3 is 1. The molecule has 2 N–H and O–H groups in total. The van der Waals surface area contributed by atoms with Crippen molar-refractivity contribution in [3.8, 4) is 0 Å². The number of aryl methyl sites for hydroxylation is 2. The fourth-order valence-electron chi connectivity index (χ4n) is 2.36. The molecular formula is C17H34IN5O. The molecule has 1 aromatic rings. The summed E-state index contributed by atoms with van der Waals surface area (Å²) in [6.45, 7) is 13.9. The number of aliphatic imine (C=N–C) groups is 1. The Labute approximate surface area is 163 Å². The quantitative estimate of drug-likeness (QED) is 0.380. The molecule has 0 bridgehead atoms. The predicted molar refractivity (Wildman–Crippen MR) is 111 cm³/mol. The Balaban J connectivity index is 0.00000529. The molecule has 0 saturated heterocycles. The van der Waals surface area contributed by atoms with Crippen LogP contribution in [0.4, 0.5) is 0 Å². The van der Waals surface area contributed by atoms with E-state index in [1.165, 1.54) is 11.3 Å². The van der Waals surface area contributed by atoms with E-state index in [1.807, 2.05) is 25.6 Å². The molecule has 1 aromatic heterocycles. The van der Waals surface area contributed by atoms with Crippen LogP contribution in [0, 0.1) is 13.8 Å². The Morgan fingerprint density at radius 1 is 1.38 bits per heavy atom. The number of guanidine groups is 1. The maximum atomic E-state index is 5.43. The Morgan fingerprint density at radius 3 is 2.46 bits per heavy atom. The highest BCUT2D eigenvalue weighted by molar-refractivity contribution is 14.0. The van der Waals surface area contributed by atoms with Crippen molar-refractivity contribution >= 4 is 29.9 Å². The van der Waals surface area contributed by atoms with Crippen molar-refractivity contribution in [3.05, 3.63) is 17.0 Å². The van der Waals surface area contributed by atoms with Crippen molar-refractivity contribution in [3.63, 3.8) is 0 Å². The maximum absolute atomic E-state index is 5.43. The highest BCUT2D eigenvalue weighted by Gasteiger charge is 2.17. The Morgan fingerprint density at radius 2 is 2.00 bits per heavy atom. The number of hydrogen-bond donors (Lipinski definition) is 2. The molecule has 140 valence electrons. The van der Waals surface area contributed by atoms with Crippen LogP contribution in [-0.2, 0) is 18.2 Å². The van der Waals surface area contributed by atoms with E-state index in [2.05, 4.69) is 48.4 Å². The van der Waals surface area contributed by atoms with E-state index in [4.69, 9.17) is 4.74 Å². The SMILES string of the molecule is CCNC(=NCC(C)(C)OC)NC(C)Cc1c(C)nn(C)c1C.I. The molecule has 7 heteroatoms. The summed E-state index contributed by atoms with van der Waals surface area (Å²) in [7, 11) is 3.70. The number of aromatic nitrogens is 2. The van der Waals surface area contributed by atoms with Crippen LogP contribution in [0.25, 0.3) is 0 Å². The van der Waals surface area contributed by atoms with Crippen LogP contribution in [0.2, 0.25) is 0 Å². The first kappa shape index (κ1) is 23.2. The van der Waals surface area contributed by atoms with Gasteiger partial charge in [-0.25, -0.2) is 0 Å². The lowest BCUT2D eigenvalue weighted by Crippen LogP contribution is -2.44. The zero-order valence-electron chi connectivity index (χ0n) is 16.4. The molecule has 0 aromatic carbocycles. The summed E-state index contributed by atoms with van der Waals surface area (Å²) in [6, 6.07) is 0.264. The summed E-state index contributed by atoms with van der Waals surface area (Å²) in [5.74, 6) is 0.823. The molecule has 0 spiro atoms. The molecule has 24 heavy (non-hydrogen) atoms. The highest BCUT2D eigenvalue weighted by atomic mass is 127. The van der Waals surface area contributed by atoms with E-state index < -0.39 is 0 Å². The fourth-order valence-corrected chi connectivity index (χ4v) is 2.36. The second-order valence-electron chi connectivity index (χ2n) is 6.68. The molecule has 0 radical (unpaired) electrons. The zero-order valence-corrected chi connectivity index (χ0v) is 18.7. The number of rotatable bonds is 7. The average Bonchev–Trinajstić information content (AvgIpc) is 2.71. The zero-order chi connectivity index (χ0) is 17.6.